The summed E-state index contributed by atoms with van der Waals surface area (Å²) < 4.78 is 10.3. The first-order valence-corrected chi connectivity index (χ1v) is 6.52. The lowest BCUT2D eigenvalue weighted by molar-refractivity contribution is 0.347. The first-order chi connectivity index (χ1) is 6.66. The average Bonchev–Trinajstić information content (AvgIpc) is 2.28. The summed E-state index contributed by atoms with van der Waals surface area (Å²) in [5.74, 6) is 0. The van der Waals surface area contributed by atoms with Gasteiger partial charge in [0.25, 0.3) is 0 Å². The van der Waals surface area contributed by atoms with Gasteiger partial charge < -0.3 is 9.05 Å². The second-order valence-electron chi connectivity index (χ2n) is 2.52. The van der Waals surface area contributed by atoms with E-state index in [0.29, 0.717) is 5.56 Å². The summed E-state index contributed by atoms with van der Waals surface area (Å²) in [6.07, 6.45) is 0. The summed E-state index contributed by atoms with van der Waals surface area (Å²) in [6.45, 7) is -2.34. The Morgan fingerprint density at radius 1 is 1.21 bits per heavy atom. The fraction of sp³-hybridized carbons (Fsp3) is 0.222. The largest absolute Gasteiger partial charge is 0.329 e. The molecular formula is C9H10NO2PS. The van der Waals surface area contributed by atoms with Crippen LogP contribution < -0.4 is 5.30 Å². The van der Waals surface area contributed by atoms with Crippen molar-refractivity contribution in [2.45, 2.75) is 0 Å². The van der Waals surface area contributed by atoms with Crippen LogP contribution in [-0.2, 0) is 20.9 Å². The lowest BCUT2D eigenvalue weighted by Gasteiger charge is -2.17. The highest BCUT2D eigenvalue weighted by Gasteiger charge is 2.17. The molecule has 0 bridgehead atoms. The molecule has 1 rings (SSSR count). The molecule has 0 fully saturated rings. The molecule has 0 unspecified atom stereocenters. The van der Waals surface area contributed by atoms with Crippen LogP contribution in [0.25, 0.3) is 0 Å². The molecule has 0 aliphatic rings. The van der Waals surface area contributed by atoms with Crippen LogP contribution in [0.1, 0.15) is 5.56 Å². The van der Waals surface area contributed by atoms with Crippen molar-refractivity contribution in [2.75, 3.05) is 14.2 Å². The minimum Gasteiger partial charge on any atom is -0.329 e. The third-order valence-electron chi connectivity index (χ3n) is 1.79. The molecule has 0 radical (unpaired) electrons. The highest BCUT2D eigenvalue weighted by Crippen LogP contribution is 2.45. The van der Waals surface area contributed by atoms with Crippen molar-refractivity contribution in [3.05, 3.63) is 29.8 Å². The van der Waals surface area contributed by atoms with Gasteiger partial charge >= 0.3 is 0 Å². The van der Waals surface area contributed by atoms with Gasteiger partial charge in [0.05, 0.1) is 11.6 Å². The maximum absolute atomic E-state index is 8.62. The normalized spacial score (nSPS) is 10.9. The quantitative estimate of drug-likeness (QED) is 0.738. The highest BCUT2D eigenvalue weighted by atomic mass is 32.5. The standard InChI is InChI=1S/C9H10NO2PS/c1-11-13(14,12-2)9-5-3-8(7-10)4-6-9/h3-6H,1-2H3. The minimum absolute atomic E-state index is 0.600. The molecule has 0 aromatic heterocycles. The van der Waals surface area contributed by atoms with E-state index in [2.05, 4.69) is 0 Å². The van der Waals surface area contributed by atoms with E-state index in [9.17, 15) is 0 Å². The molecule has 1 aromatic carbocycles. The van der Waals surface area contributed by atoms with Crippen LogP contribution in [0.3, 0.4) is 0 Å². The summed E-state index contributed by atoms with van der Waals surface area (Å²) in [7, 11) is 3.06. The number of rotatable bonds is 3. The zero-order valence-electron chi connectivity index (χ0n) is 7.93. The van der Waals surface area contributed by atoms with Gasteiger partial charge in [-0.15, -0.1) is 0 Å². The zero-order valence-corrected chi connectivity index (χ0v) is 9.64. The topological polar surface area (TPSA) is 42.2 Å². The van der Waals surface area contributed by atoms with Crippen LogP contribution in [0.5, 0.6) is 0 Å². The lowest BCUT2D eigenvalue weighted by Crippen LogP contribution is -2.06. The van der Waals surface area contributed by atoms with E-state index in [1.165, 1.54) is 14.2 Å². The van der Waals surface area contributed by atoms with Crippen molar-refractivity contribution in [2.24, 2.45) is 0 Å². The maximum atomic E-state index is 8.62. The third-order valence-corrected chi connectivity index (χ3v) is 5.21. The molecule has 0 amide bonds. The van der Waals surface area contributed by atoms with Crippen molar-refractivity contribution in [1.82, 2.24) is 0 Å². The summed E-state index contributed by atoms with van der Waals surface area (Å²) >= 11 is 5.23. The third kappa shape index (κ3) is 2.20. The molecule has 14 heavy (non-hydrogen) atoms. The Labute approximate surface area is 88.4 Å². The Morgan fingerprint density at radius 3 is 2.07 bits per heavy atom. The van der Waals surface area contributed by atoms with Crippen LogP contribution in [0.15, 0.2) is 24.3 Å². The molecule has 0 heterocycles. The smallest absolute Gasteiger partial charge is 0.218 e. The van der Waals surface area contributed by atoms with E-state index in [1.807, 2.05) is 6.07 Å². The lowest BCUT2D eigenvalue weighted by atomic mass is 10.2. The van der Waals surface area contributed by atoms with Crippen LogP contribution >= 0.6 is 6.49 Å². The second kappa shape index (κ2) is 4.68. The van der Waals surface area contributed by atoms with Gasteiger partial charge in [0.1, 0.15) is 0 Å². The van der Waals surface area contributed by atoms with Crippen LogP contribution in [-0.4, -0.2) is 14.2 Å². The van der Waals surface area contributed by atoms with Gasteiger partial charge in [0.15, 0.2) is 0 Å². The van der Waals surface area contributed by atoms with Crippen molar-refractivity contribution >= 4 is 23.6 Å². The Balaban J connectivity index is 3.09. The molecule has 0 saturated carbocycles. The van der Waals surface area contributed by atoms with E-state index >= 15 is 0 Å². The van der Waals surface area contributed by atoms with E-state index in [0.717, 1.165) is 5.30 Å². The van der Waals surface area contributed by atoms with Gasteiger partial charge in [0, 0.05) is 19.5 Å². The molecule has 0 atom stereocenters. The van der Waals surface area contributed by atoms with E-state index in [-0.39, 0.29) is 0 Å². The first-order valence-electron chi connectivity index (χ1n) is 3.88. The van der Waals surface area contributed by atoms with Crippen molar-refractivity contribution in [1.29, 1.82) is 5.26 Å². The van der Waals surface area contributed by atoms with Gasteiger partial charge in [-0.1, -0.05) is 0 Å². The fourth-order valence-electron chi connectivity index (χ4n) is 1.00. The molecular weight excluding hydrogens is 217 g/mol. The maximum Gasteiger partial charge on any atom is 0.218 e. The van der Waals surface area contributed by atoms with E-state index in [1.54, 1.807) is 24.3 Å². The monoisotopic (exact) mass is 227 g/mol. The van der Waals surface area contributed by atoms with Crippen LogP contribution in [0.4, 0.5) is 0 Å². The fourth-order valence-corrected chi connectivity index (χ4v) is 2.45. The van der Waals surface area contributed by atoms with Crippen molar-refractivity contribution in [3.63, 3.8) is 0 Å². The Morgan fingerprint density at radius 2 is 1.71 bits per heavy atom. The number of nitriles is 1. The predicted molar refractivity (Wildman–Crippen MR) is 59.1 cm³/mol. The SMILES string of the molecule is COP(=S)(OC)c1ccc(C#N)cc1. The van der Waals surface area contributed by atoms with Crippen molar-refractivity contribution in [3.8, 4) is 6.07 Å². The average molecular weight is 227 g/mol. The Kier molecular flexibility index (Phi) is 3.79. The molecule has 0 aliphatic carbocycles. The Bertz CT molecular complexity index is 388. The molecule has 0 aliphatic heterocycles. The van der Waals surface area contributed by atoms with Crippen LogP contribution in [0, 0.1) is 11.3 Å². The molecule has 5 heteroatoms. The van der Waals surface area contributed by atoms with Crippen LogP contribution in [0.2, 0.25) is 0 Å². The zero-order chi connectivity index (χ0) is 10.6. The number of nitrogens with zero attached hydrogens (tertiary/aromatic N) is 1. The molecule has 0 N–H and O–H groups in total. The molecule has 0 saturated heterocycles. The number of benzene rings is 1. The van der Waals surface area contributed by atoms with Gasteiger partial charge in [-0.05, 0) is 36.1 Å². The van der Waals surface area contributed by atoms with E-state index in [4.69, 9.17) is 26.1 Å². The van der Waals surface area contributed by atoms with Gasteiger partial charge in [-0.25, -0.2) is 0 Å². The minimum atomic E-state index is -2.34. The van der Waals surface area contributed by atoms with E-state index < -0.39 is 6.49 Å². The molecule has 74 valence electrons. The molecule has 1 aromatic rings. The van der Waals surface area contributed by atoms with Gasteiger partial charge in [0.2, 0.25) is 6.49 Å². The van der Waals surface area contributed by atoms with Gasteiger partial charge in [-0.3, -0.25) is 0 Å². The highest BCUT2D eigenvalue weighted by molar-refractivity contribution is 8.13. The van der Waals surface area contributed by atoms with Gasteiger partial charge in [-0.2, -0.15) is 5.26 Å². The van der Waals surface area contributed by atoms with Crippen molar-refractivity contribution < 1.29 is 9.05 Å². The molecule has 3 nitrogen and oxygen atoms in total. The number of hydrogen-bond donors (Lipinski definition) is 0. The summed E-state index contributed by atoms with van der Waals surface area (Å²) in [5.41, 5.74) is 0.600. The predicted octanol–water partition coefficient (Wildman–Crippen LogP) is 1.79. The second-order valence-corrected chi connectivity index (χ2v) is 6.21. The molecule has 0 spiro atoms. The summed E-state index contributed by atoms with van der Waals surface area (Å²) in [5, 5.41) is 9.43. The summed E-state index contributed by atoms with van der Waals surface area (Å²) in [6, 6.07) is 8.98. The Hall–Kier alpha value is -0.720. The summed E-state index contributed by atoms with van der Waals surface area (Å²) in [4.78, 5) is 0. The first kappa shape index (κ1) is 11.4. The number of hydrogen-bond acceptors (Lipinski definition) is 4.